The number of imide groups is 1. The van der Waals surface area contributed by atoms with E-state index in [-0.39, 0.29) is 47.9 Å². The number of anilines is 1. The van der Waals surface area contributed by atoms with Gasteiger partial charge in [0.2, 0.25) is 11.8 Å². The van der Waals surface area contributed by atoms with Gasteiger partial charge >= 0.3 is 12.2 Å². The van der Waals surface area contributed by atoms with Gasteiger partial charge in [-0.1, -0.05) is 19.9 Å². The van der Waals surface area contributed by atoms with E-state index in [1.165, 1.54) is 30.6 Å². The third-order valence-corrected chi connectivity index (χ3v) is 5.36. The number of hydrogen-bond acceptors (Lipinski definition) is 6. The minimum absolute atomic E-state index is 0.0281. The molecule has 1 aromatic carbocycles. The van der Waals surface area contributed by atoms with Crippen molar-refractivity contribution in [3.05, 3.63) is 41.7 Å². The predicted molar refractivity (Wildman–Crippen MR) is 97.6 cm³/mol. The third kappa shape index (κ3) is 3.11. The largest absolute Gasteiger partial charge is 0.424 e. The lowest BCUT2D eigenvalue weighted by molar-refractivity contribution is -0.272. The summed E-state index contributed by atoms with van der Waals surface area (Å²) in [6, 6.07) is 4.12. The maximum atomic E-state index is 13.4. The normalized spacial score (nSPS) is 23.1. The van der Waals surface area contributed by atoms with Crippen molar-refractivity contribution in [1.29, 1.82) is 0 Å². The molecule has 1 saturated heterocycles. The summed E-state index contributed by atoms with van der Waals surface area (Å²) in [6.45, 7) is 4.18. The zero-order valence-electron chi connectivity index (χ0n) is 16.4. The molecule has 2 aliphatic rings. The molecule has 1 aromatic heterocycles. The third-order valence-electron chi connectivity index (χ3n) is 5.36. The van der Waals surface area contributed by atoms with Gasteiger partial charge in [-0.05, 0) is 24.6 Å². The molecule has 0 N–H and O–H groups in total. The van der Waals surface area contributed by atoms with E-state index in [1.54, 1.807) is 13.8 Å². The number of alkyl halides is 3. The van der Waals surface area contributed by atoms with Crippen molar-refractivity contribution in [2.45, 2.75) is 45.6 Å². The van der Waals surface area contributed by atoms with Crippen LogP contribution >= 0.6 is 0 Å². The van der Waals surface area contributed by atoms with E-state index in [9.17, 15) is 22.8 Å². The number of carbonyl (C=O) groups excluding carboxylic acids is 2. The van der Waals surface area contributed by atoms with Crippen molar-refractivity contribution in [2.24, 2.45) is 5.41 Å². The quantitative estimate of drug-likeness (QED) is 0.700. The molecule has 1 atom stereocenters. The van der Waals surface area contributed by atoms with Crippen LogP contribution < -0.4 is 9.64 Å². The fourth-order valence-electron chi connectivity index (χ4n) is 3.52. The number of halogens is 3. The molecule has 7 nitrogen and oxygen atoms in total. The summed E-state index contributed by atoms with van der Waals surface area (Å²) in [7, 11) is 0. The second kappa shape index (κ2) is 6.49. The van der Waals surface area contributed by atoms with E-state index in [0.29, 0.717) is 5.56 Å². The van der Waals surface area contributed by atoms with Gasteiger partial charge in [0, 0.05) is 12.0 Å². The minimum atomic E-state index is -4.59. The number of rotatable bonds is 3. The van der Waals surface area contributed by atoms with Crippen LogP contribution in [-0.4, -0.2) is 28.0 Å². The smallest absolute Gasteiger partial charge is 0.421 e. The van der Waals surface area contributed by atoms with Crippen LogP contribution in [0, 0.1) is 5.41 Å². The standard InChI is InChI=1S/C20H18F3N3O4/c1-18(2)7-15(27)26(16(18)28)12-8-24-17(25-9-12)30-13-5-4-11-10-29-19(3,14(11)6-13)20(21,22)23/h4-6,8-9H,7,10H2,1-3H3. The highest BCUT2D eigenvalue weighted by Crippen LogP contribution is 2.48. The molecule has 2 aromatic rings. The van der Waals surface area contributed by atoms with Crippen LogP contribution in [0.15, 0.2) is 30.6 Å². The fraction of sp³-hybridized carbons (Fsp3) is 0.400. The van der Waals surface area contributed by atoms with Gasteiger partial charge in [0.05, 0.1) is 30.1 Å². The van der Waals surface area contributed by atoms with E-state index in [1.807, 2.05) is 0 Å². The summed E-state index contributed by atoms with van der Waals surface area (Å²) in [6.07, 6.45) is -1.98. The highest BCUT2D eigenvalue weighted by Gasteiger charge is 2.57. The number of amides is 2. The average Bonchev–Trinajstić information content (AvgIpc) is 3.10. The van der Waals surface area contributed by atoms with Crippen LogP contribution in [0.2, 0.25) is 0 Å². The first-order valence-electron chi connectivity index (χ1n) is 9.14. The topological polar surface area (TPSA) is 81.6 Å². The van der Waals surface area contributed by atoms with Crippen molar-refractivity contribution >= 4 is 17.5 Å². The molecule has 0 spiro atoms. The molecule has 0 radical (unpaired) electrons. The van der Waals surface area contributed by atoms with Crippen molar-refractivity contribution in [1.82, 2.24) is 9.97 Å². The van der Waals surface area contributed by atoms with Crippen LogP contribution in [0.4, 0.5) is 18.9 Å². The zero-order valence-corrected chi connectivity index (χ0v) is 16.4. The molecule has 1 fully saturated rings. The lowest BCUT2D eigenvalue weighted by Gasteiger charge is -2.27. The van der Waals surface area contributed by atoms with Crippen LogP contribution in [0.5, 0.6) is 11.8 Å². The van der Waals surface area contributed by atoms with E-state index < -0.39 is 17.2 Å². The summed E-state index contributed by atoms with van der Waals surface area (Å²) in [5.41, 5.74) is -2.62. The number of fused-ring (bicyclic) bond motifs is 1. The molecule has 0 bridgehead atoms. The predicted octanol–water partition coefficient (Wildman–Crippen LogP) is 3.87. The molecule has 2 aliphatic heterocycles. The summed E-state index contributed by atoms with van der Waals surface area (Å²) < 4.78 is 50.8. The van der Waals surface area contributed by atoms with Gasteiger partial charge < -0.3 is 9.47 Å². The van der Waals surface area contributed by atoms with E-state index in [2.05, 4.69) is 9.97 Å². The highest BCUT2D eigenvalue weighted by molar-refractivity contribution is 6.22. The Kier molecular flexibility index (Phi) is 4.39. The number of ether oxygens (including phenoxy) is 2. The van der Waals surface area contributed by atoms with Crippen molar-refractivity contribution in [3.63, 3.8) is 0 Å². The molecule has 158 valence electrons. The molecule has 10 heteroatoms. The first-order valence-corrected chi connectivity index (χ1v) is 9.14. The Bertz CT molecular complexity index is 1040. The number of benzene rings is 1. The van der Waals surface area contributed by atoms with Gasteiger partial charge in [0.25, 0.3) is 0 Å². The second-order valence-electron chi connectivity index (χ2n) is 8.06. The van der Waals surface area contributed by atoms with Gasteiger partial charge in [-0.2, -0.15) is 13.2 Å². The average molecular weight is 421 g/mol. The first kappa shape index (κ1) is 20.3. The summed E-state index contributed by atoms with van der Waals surface area (Å²) in [5.74, 6) is -0.598. The van der Waals surface area contributed by atoms with Gasteiger partial charge in [-0.3, -0.25) is 9.59 Å². The maximum Gasteiger partial charge on any atom is 0.421 e. The minimum Gasteiger partial charge on any atom is -0.424 e. The van der Waals surface area contributed by atoms with Gasteiger partial charge in [0.1, 0.15) is 5.75 Å². The zero-order chi connectivity index (χ0) is 21.9. The van der Waals surface area contributed by atoms with Crippen LogP contribution in [0.25, 0.3) is 0 Å². The molecule has 2 amide bonds. The Morgan fingerprint density at radius 3 is 2.37 bits per heavy atom. The molecule has 3 heterocycles. The van der Waals surface area contributed by atoms with Crippen molar-refractivity contribution in [3.8, 4) is 11.8 Å². The first-order chi connectivity index (χ1) is 13.9. The lowest BCUT2D eigenvalue weighted by atomic mass is 9.92. The van der Waals surface area contributed by atoms with Crippen LogP contribution in [0.3, 0.4) is 0 Å². The fourth-order valence-corrected chi connectivity index (χ4v) is 3.52. The lowest BCUT2D eigenvalue weighted by Crippen LogP contribution is -2.38. The monoisotopic (exact) mass is 421 g/mol. The number of hydrogen-bond donors (Lipinski definition) is 0. The Morgan fingerprint density at radius 2 is 1.80 bits per heavy atom. The van der Waals surface area contributed by atoms with E-state index in [4.69, 9.17) is 9.47 Å². The van der Waals surface area contributed by atoms with Gasteiger partial charge in [0.15, 0.2) is 5.60 Å². The van der Waals surface area contributed by atoms with Crippen molar-refractivity contribution < 1.29 is 32.2 Å². The summed E-state index contributed by atoms with van der Waals surface area (Å²) in [4.78, 5) is 33.5. The molecule has 0 saturated carbocycles. The second-order valence-corrected chi connectivity index (χ2v) is 8.06. The molecular weight excluding hydrogens is 403 g/mol. The maximum absolute atomic E-state index is 13.4. The van der Waals surface area contributed by atoms with Crippen LogP contribution in [0.1, 0.15) is 38.3 Å². The van der Waals surface area contributed by atoms with Gasteiger partial charge in [-0.25, -0.2) is 14.9 Å². The molecular formula is C20H18F3N3O4. The number of nitrogens with zero attached hydrogens (tertiary/aromatic N) is 3. The summed E-state index contributed by atoms with van der Waals surface area (Å²) in [5, 5.41) is 0. The molecule has 0 aliphatic carbocycles. The Morgan fingerprint density at radius 1 is 1.13 bits per heavy atom. The number of aromatic nitrogens is 2. The number of carbonyl (C=O) groups is 2. The van der Waals surface area contributed by atoms with Crippen molar-refractivity contribution in [2.75, 3.05) is 4.90 Å². The Balaban J connectivity index is 1.56. The van der Waals surface area contributed by atoms with E-state index >= 15 is 0 Å². The van der Waals surface area contributed by atoms with Gasteiger partial charge in [-0.15, -0.1) is 0 Å². The van der Waals surface area contributed by atoms with E-state index in [0.717, 1.165) is 11.8 Å². The van der Waals surface area contributed by atoms with Crippen LogP contribution in [-0.2, 0) is 26.5 Å². The SMILES string of the molecule is CC1(C)CC(=O)N(c2cnc(Oc3ccc4c(c3)C(C)(C(F)(F)F)OC4)nc2)C1=O. The Hall–Kier alpha value is -3.01. The highest BCUT2D eigenvalue weighted by atomic mass is 19.4. The molecule has 1 unspecified atom stereocenters. The Labute approximate surface area is 169 Å². The summed E-state index contributed by atoms with van der Waals surface area (Å²) >= 11 is 0. The molecule has 30 heavy (non-hydrogen) atoms. The molecule has 4 rings (SSSR count).